The standard InChI is InChI=1S/C23H18Se2/c1-3-11-19(12-4-1)24-17-25(20-13-5-2-6-14-20)22-16-8-10-18-9-7-15-21(24)23(18)22/h1-16H,17H2/q+2. The Morgan fingerprint density at radius 3 is 1.44 bits per heavy atom. The first-order valence-corrected chi connectivity index (χ1v) is 14.3. The van der Waals surface area contributed by atoms with Gasteiger partial charge in [-0.3, -0.25) is 0 Å². The SMILES string of the molecule is c1ccc([Se+]2C[Se+](c3ccccc3)c3cccc4cccc2c34)cc1. The van der Waals surface area contributed by atoms with Crippen molar-refractivity contribution in [2.45, 2.75) is 4.22 Å². The molecule has 4 aromatic rings. The predicted octanol–water partition coefficient (Wildman–Crippen LogP) is 2.61. The molecule has 0 saturated carbocycles. The summed E-state index contributed by atoms with van der Waals surface area (Å²) in [5.41, 5.74) is 0. The topological polar surface area (TPSA) is 0 Å². The van der Waals surface area contributed by atoms with Crippen LogP contribution in [-0.2, 0) is 0 Å². The number of benzene rings is 4. The fourth-order valence-electron chi connectivity index (χ4n) is 3.49. The fourth-order valence-corrected chi connectivity index (χ4v) is 19.8. The summed E-state index contributed by atoms with van der Waals surface area (Å²) < 4.78 is 7.80. The molecular weight excluding hydrogens is 434 g/mol. The van der Waals surface area contributed by atoms with E-state index in [0.29, 0.717) is 0 Å². The molecule has 2 atom stereocenters. The van der Waals surface area contributed by atoms with E-state index in [4.69, 9.17) is 0 Å². The van der Waals surface area contributed by atoms with Crippen molar-refractivity contribution >= 4 is 56.4 Å². The Hall–Kier alpha value is -1.82. The van der Waals surface area contributed by atoms with Crippen LogP contribution in [-0.4, -0.2) is 27.8 Å². The van der Waals surface area contributed by atoms with Gasteiger partial charge in [-0.2, -0.15) is 0 Å². The Kier molecular flexibility index (Phi) is 4.00. The maximum absolute atomic E-state index is 2.40. The van der Waals surface area contributed by atoms with Gasteiger partial charge in [0.05, 0.1) is 0 Å². The predicted molar refractivity (Wildman–Crippen MR) is 112 cm³/mol. The van der Waals surface area contributed by atoms with Crippen molar-refractivity contribution in [3.8, 4) is 0 Å². The van der Waals surface area contributed by atoms with E-state index in [1.54, 1.807) is 23.2 Å². The van der Waals surface area contributed by atoms with Crippen molar-refractivity contribution in [2.24, 2.45) is 0 Å². The third kappa shape index (κ3) is 2.67. The molecule has 0 saturated heterocycles. The molecule has 5 rings (SSSR count). The molecule has 1 heterocycles. The summed E-state index contributed by atoms with van der Waals surface area (Å²) in [6.45, 7) is 0. The van der Waals surface area contributed by atoms with Crippen LogP contribution >= 0.6 is 0 Å². The molecule has 2 heteroatoms. The van der Waals surface area contributed by atoms with Gasteiger partial charge in [-0.1, -0.05) is 0 Å². The van der Waals surface area contributed by atoms with Gasteiger partial charge in [0.1, 0.15) is 0 Å². The van der Waals surface area contributed by atoms with Crippen LogP contribution in [0.2, 0.25) is 4.22 Å². The minimum atomic E-state index is -1.01. The molecule has 0 radical (unpaired) electrons. The molecule has 120 valence electrons. The average molecular weight is 452 g/mol. The first-order valence-electron chi connectivity index (χ1n) is 8.45. The van der Waals surface area contributed by atoms with Gasteiger partial charge in [0.2, 0.25) is 0 Å². The zero-order chi connectivity index (χ0) is 16.6. The molecule has 0 spiro atoms. The van der Waals surface area contributed by atoms with E-state index in [-0.39, 0.29) is 0 Å². The van der Waals surface area contributed by atoms with E-state index in [1.165, 1.54) is 9.60 Å². The molecule has 2 unspecified atom stereocenters. The number of hydrogen-bond donors (Lipinski definition) is 0. The van der Waals surface area contributed by atoms with Crippen LogP contribution in [0.25, 0.3) is 10.8 Å². The minimum absolute atomic E-state index is 1.01. The van der Waals surface area contributed by atoms with Crippen molar-refractivity contribution in [3.05, 3.63) is 97.1 Å². The molecule has 1 aliphatic heterocycles. The monoisotopic (exact) mass is 454 g/mol. The molecule has 25 heavy (non-hydrogen) atoms. The molecule has 0 aliphatic carbocycles. The quantitative estimate of drug-likeness (QED) is 0.411. The summed E-state index contributed by atoms with van der Waals surface area (Å²) in [6, 6.07) is 36.4. The Labute approximate surface area is 157 Å². The van der Waals surface area contributed by atoms with E-state index in [1.807, 2.05) is 0 Å². The van der Waals surface area contributed by atoms with Crippen molar-refractivity contribution in [1.29, 1.82) is 0 Å². The van der Waals surface area contributed by atoms with Gasteiger partial charge in [-0.25, -0.2) is 0 Å². The summed E-state index contributed by atoms with van der Waals surface area (Å²) in [4.78, 5) is 0. The summed E-state index contributed by atoms with van der Waals surface area (Å²) >= 11 is -2.02. The molecule has 0 nitrogen and oxygen atoms in total. The van der Waals surface area contributed by atoms with Crippen molar-refractivity contribution in [1.82, 2.24) is 0 Å². The molecule has 0 N–H and O–H groups in total. The number of rotatable bonds is 2. The van der Waals surface area contributed by atoms with Crippen LogP contribution in [0.15, 0.2) is 97.1 Å². The Bertz CT molecular complexity index is 945. The van der Waals surface area contributed by atoms with Crippen LogP contribution in [0.1, 0.15) is 0 Å². The fraction of sp³-hybridized carbons (Fsp3) is 0.0435. The first kappa shape index (κ1) is 15.4. The van der Waals surface area contributed by atoms with Crippen LogP contribution in [0.3, 0.4) is 0 Å². The van der Waals surface area contributed by atoms with Gasteiger partial charge in [0.15, 0.2) is 0 Å². The molecular formula is C23H18Se2+2. The van der Waals surface area contributed by atoms with Crippen LogP contribution in [0, 0.1) is 0 Å². The van der Waals surface area contributed by atoms with Gasteiger partial charge < -0.3 is 0 Å². The summed E-state index contributed by atoms with van der Waals surface area (Å²) in [5, 5.41) is 2.99. The van der Waals surface area contributed by atoms with E-state index < -0.39 is 27.8 Å². The van der Waals surface area contributed by atoms with E-state index in [9.17, 15) is 0 Å². The zero-order valence-electron chi connectivity index (χ0n) is 13.8. The second kappa shape index (κ2) is 6.48. The Balaban J connectivity index is 1.79. The zero-order valence-corrected chi connectivity index (χ0v) is 17.2. The normalized spacial score (nSPS) is 19.0. The van der Waals surface area contributed by atoms with Crippen LogP contribution < -0.4 is 17.8 Å². The van der Waals surface area contributed by atoms with E-state index in [2.05, 4.69) is 97.1 Å². The second-order valence-corrected chi connectivity index (χ2v) is 16.3. The number of hydrogen-bond acceptors (Lipinski definition) is 0. The van der Waals surface area contributed by atoms with Gasteiger partial charge in [-0.15, -0.1) is 0 Å². The van der Waals surface area contributed by atoms with Crippen molar-refractivity contribution in [2.75, 3.05) is 0 Å². The molecule has 1 aliphatic rings. The average Bonchev–Trinajstić information content (AvgIpc) is 2.70. The van der Waals surface area contributed by atoms with Crippen LogP contribution in [0.5, 0.6) is 0 Å². The third-order valence-electron chi connectivity index (χ3n) is 4.65. The van der Waals surface area contributed by atoms with Crippen molar-refractivity contribution < 1.29 is 0 Å². The van der Waals surface area contributed by atoms with Crippen molar-refractivity contribution in [3.63, 3.8) is 0 Å². The Morgan fingerprint density at radius 2 is 0.960 bits per heavy atom. The molecule has 0 amide bonds. The molecule has 0 fully saturated rings. The molecule has 0 aromatic heterocycles. The third-order valence-corrected chi connectivity index (χ3v) is 18.0. The summed E-state index contributed by atoms with van der Waals surface area (Å²) in [7, 11) is 0. The van der Waals surface area contributed by atoms with E-state index in [0.717, 1.165) is 0 Å². The molecule has 4 aromatic carbocycles. The van der Waals surface area contributed by atoms with Gasteiger partial charge in [0, 0.05) is 0 Å². The van der Waals surface area contributed by atoms with Gasteiger partial charge >= 0.3 is 158 Å². The molecule has 0 bridgehead atoms. The summed E-state index contributed by atoms with van der Waals surface area (Å²) in [6.07, 6.45) is 0. The van der Waals surface area contributed by atoms with E-state index >= 15 is 0 Å². The van der Waals surface area contributed by atoms with Gasteiger partial charge in [0.25, 0.3) is 0 Å². The second-order valence-electron chi connectivity index (χ2n) is 6.14. The maximum atomic E-state index is 2.40. The Morgan fingerprint density at radius 1 is 0.480 bits per heavy atom. The summed E-state index contributed by atoms with van der Waals surface area (Å²) in [5.74, 6) is 0. The van der Waals surface area contributed by atoms with Crippen LogP contribution in [0.4, 0.5) is 0 Å². The first-order chi connectivity index (χ1) is 12.4. The van der Waals surface area contributed by atoms with Gasteiger partial charge in [-0.05, 0) is 0 Å².